The minimum absolute atomic E-state index is 0.0765. The van der Waals surface area contributed by atoms with Gasteiger partial charge in [-0.3, -0.25) is 9.48 Å². The Balaban J connectivity index is 2.27. The van der Waals surface area contributed by atoms with Crippen LogP contribution in [0.4, 0.5) is 0 Å². The van der Waals surface area contributed by atoms with Crippen LogP contribution in [0.3, 0.4) is 0 Å². The lowest BCUT2D eigenvalue weighted by Gasteiger charge is -2.04. The highest BCUT2D eigenvalue weighted by Crippen LogP contribution is 2.26. The number of rotatable bonds is 3. The van der Waals surface area contributed by atoms with Crippen LogP contribution in [0, 0.1) is 0 Å². The summed E-state index contributed by atoms with van der Waals surface area (Å²) in [5.74, 6) is 0.540. The number of nitrogens with zero attached hydrogens (tertiary/aromatic N) is 3. The van der Waals surface area contributed by atoms with Gasteiger partial charge in [0.25, 0.3) is 0 Å². The van der Waals surface area contributed by atoms with Crippen LogP contribution in [0.5, 0.6) is 0 Å². The molecular weight excluding hydrogens is 305 g/mol. The number of benzene rings is 1. The Labute approximate surface area is 112 Å². The van der Waals surface area contributed by atoms with Crippen LogP contribution < -0.4 is 0 Å². The Morgan fingerprint density at radius 1 is 1.53 bits per heavy atom. The van der Waals surface area contributed by atoms with Crippen LogP contribution in [0.25, 0.3) is 0 Å². The molecule has 0 unspecified atom stereocenters. The molecule has 0 spiro atoms. The molecule has 88 valence electrons. The van der Waals surface area contributed by atoms with Crippen LogP contribution in [-0.4, -0.2) is 20.5 Å². The van der Waals surface area contributed by atoms with Crippen LogP contribution in [0.2, 0.25) is 5.02 Å². The van der Waals surface area contributed by atoms with Crippen LogP contribution in [0.1, 0.15) is 16.2 Å². The number of aryl methyl sites for hydroxylation is 1. The van der Waals surface area contributed by atoms with Crippen molar-refractivity contribution < 1.29 is 4.79 Å². The first kappa shape index (κ1) is 12.3. The highest BCUT2D eigenvalue weighted by atomic mass is 79.9. The van der Waals surface area contributed by atoms with Gasteiger partial charge in [-0.25, -0.2) is 4.98 Å². The molecule has 1 aromatic carbocycles. The van der Waals surface area contributed by atoms with E-state index < -0.39 is 0 Å². The molecule has 2 rings (SSSR count). The highest BCUT2D eigenvalue weighted by Gasteiger charge is 2.15. The fraction of sp³-hybridized carbons (Fsp3) is 0.182. The van der Waals surface area contributed by atoms with E-state index in [2.05, 4.69) is 26.0 Å². The average molecular weight is 315 g/mol. The monoisotopic (exact) mass is 313 g/mol. The van der Waals surface area contributed by atoms with E-state index in [1.165, 1.54) is 6.33 Å². The highest BCUT2D eigenvalue weighted by molar-refractivity contribution is 9.10. The SMILES string of the molecule is Cn1ncnc1CC(=O)c1cccc(Br)c1Cl. The van der Waals surface area contributed by atoms with E-state index in [9.17, 15) is 4.79 Å². The van der Waals surface area contributed by atoms with Gasteiger partial charge >= 0.3 is 0 Å². The predicted octanol–water partition coefficient (Wildman–Crippen LogP) is 2.66. The van der Waals surface area contributed by atoms with Gasteiger partial charge in [0.05, 0.1) is 11.4 Å². The normalized spacial score (nSPS) is 10.5. The van der Waals surface area contributed by atoms with E-state index in [1.54, 1.807) is 29.9 Å². The molecule has 1 aromatic heterocycles. The van der Waals surface area contributed by atoms with Gasteiger partial charge in [-0.05, 0) is 28.1 Å². The molecular formula is C11H9BrClN3O. The molecule has 1 heterocycles. The topological polar surface area (TPSA) is 47.8 Å². The summed E-state index contributed by atoms with van der Waals surface area (Å²) in [4.78, 5) is 16.1. The third-order valence-electron chi connectivity index (χ3n) is 2.38. The van der Waals surface area contributed by atoms with Gasteiger partial charge in [0, 0.05) is 17.1 Å². The van der Waals surface area contributed by atoms with Gasteiger partial charge in [0.1, 0.15) is 12.2 Å². The van der Waals surface area contributed by atoms with E-state index in [1.807, 2.05) is 0 Å². The van der Waals surface area contributed by atoms with Crippen molar-refractivity contribution in [3.05, 3.63) is 45.4 Å². The standard InChI is InChI=1S/C11H9BrClN3O/c1-16-10(14-6-15-16)5-9(17)7-3-2-4-8(12)11(7)13/h2-4,6H,5H2,1H3. The Hall–Kier alpha value is -1.20. The van der Waals surface area contributed by atoms with Gasteiger partial charge in [0.2, 0.25) is 0 Å². The summed E-state index contributed by atoms with van der Waals surface area (Å²) < 4.78 is 2.28. The minimum atomic E-state index is -0.0765. The smallest absolute Gasteiger partial charge is 0.171 e. The Bertz CT molecular complexity index is 568. The molecule has 0 atom stereocenters. The zero-order valence-corrected chi connectivity index (χ0v) is 11.4. The van der Waals surface area contributed by atoms with Crippen molar-refractivity contribution >= 4 is 33.3 Å². The molecule has 0 saturated heterocycles. The summed E-state index contributed by atoms with van der Waals surface area (Å²) in [5.41, 5.74) is 0.490. The number of hydrogen-bond donors (Lipinski definition) is 0. The van der Waals surface area contributed by atoms with Crippen molar-refractivity contribution in [1.82, 2.24) is 14.8 Å². The second-order valence-electron chi connectivity index (χ2n) is 3.50. The van der Waals surface area contributed by atoms with Gasteiger partial charge in [-0.15, -0.1) is 0 Å². The van der Waals surface area contributed by atoms with Crippen molar-refractivity contribution in [3.8, 4) is 0 Å². The first-order valence-corrected chi connectivity index (χ1v) is 6.07. The Kier molecular flexibility index (Phi) is 3.59. The van der Waals surface area contributed by atoms with E-state index >= 15 is 0 Å². The summed E-state index contributed by atoms with van der Waals surface area (Å²) in [6.07, 6.45) is 1.61. The number of halogens is 2. The molecule has 0 fully saturated rings. The molecule has 0 N–H and O–H groups in total. The Morgan fingerprint density at radius 2 is 2.29 bits per heavy atom. The quantitative estimate of drug-likeness (QED) is 0.818. The van der Waals surface area contributed by atoms with Crippen molar-refractivity contribution in [2.75, 3.05) is 0 Å². The molecule has 0 aliphatic carbocycles. The van der Waals surface area contributed by atoms with Crippen LogP contribution in [-0.2, 0) is 13.5 Å². The van der Waals surface area contributed by atoms with E-state index in [0.717, 1.165) is 0 Å². The average Bonchev–Trinajstić information content (AvgIpc) is 2.68. The number of Topliss-reactive ketones (excluding diaryl/α,β-unsaturated/α-hetero) is 1. The summed E-state index contributed by atoms with van der Waals surface area (Å²) in [5, 5.41) is 4.34. The molecule has 0 radical (unpaired) electrons. The molecule has 0 bridgehead atoms. The summed E-state index contributed by atoms with van der Waals surface area (Å²) in [7, 11) is 1.75. The van der Waals surface area contributed by atoms with Crippen molar-refractivity contribution in [2.24, 2.45) is 7.05 Å². The lowest BCUT2D eigenvalue weighted by Crippen LogP contribution is -2.09. The number of ketones is 1. The van der Waals surface area contributed by atoms with E-state index in [-0.39, 0.29) is 12.2 Å². The molecule has 0 saturated carbocycles. The van der Waals surface area contributed by atoms with E-state index in [0.29, 0.717) is 20.9 Å². The number of carbonyl (C=O) groups is 1. The van der Waals surface area contributed by atoms with Crippen molar-refractivity contribution in [1.29, 1.82) is 0 Å². The summed E-state index contributed by atoms with van der Waals surface area (Å²) >= 11 is 9.35. The van der Waals surface area contributed by atoms with Gasteiger partial charge in [-0.1, -0.05) is 17.7 Å². The maximum absolute atomic E-state index is 12.1. The number of hydrogen-bond acceptors (Lipinski definition) is 3. The van der Waals surface area contributed by atoms with Crippen LogP contribution in [0.15, 0.2) is 29.0 Å². The molecule has 6 heteroatoms. The number of aromatic nitrogens is 3. The van der Waals surface area contributed by atoms with Gasteiger partial charge in [-0.2, -0.15) is 5.10 Å². The minimum Gasteiger partial charge on any atom is -0.294 e. The third kappa shape index (κ3) is 2.56. The lowest BCUT2D eigenvalue weighted by atomic mass is 10.1. The summed E-state index contributed by atoms with van der Waals surface area (Å²) in [6.45, 7) is 0. The lowest BCUT2D eigenvalue weighted by molar-refractivity contribution is 0.0989. The molecule has 17 heavy (non-hydrogen) atoms. The van der Waals surface area contributed by atoms with Crippen molar-refractivity contribution in [2.45, 2.75) is 6.42 Å². The Morgan fingerprint density at radius 3 is 2.94 bits per heavy atom. The fourth-order valence-electron chi connectivity index (χ4n) is 1.44. The second kappa shape index (κ2) is 4.98. The fourth-order valence-corrected chi connectivity index (χ4v) is 2.04. The largest absolute Gasteiger partial charge is 0.294 e. The van der Waals surface area contributed by atoms with Crippen LogP contribution >= 0.6 is 27.5 Å². The first-order chi connectivity index (χ1) is 8.09. The predicted molar refractivity (Wildman–Crippen MR) is 68.2 cm³/mol. The maximum Gasteiger partial charge on any atom is 0.171 e. The van der Waals surface area contributed by atoms with Gasteiger partial charge < -0.3 is 0 Å². The van der Waals surface area contributed by atoms with Crippen molar-refractivity contribution in [3.63, 3.8) is 0 Å². The first-order valence-electron chi connectivity index (χ1n) is 4.89. The molecule has 4 nitrogen and oxygen atoms in total. The third-order valence-corrected chi connectivity index (χ3v) is 3.67. The van der Waals surface area contributed by atoms with E-state index in [4.69, 9.17) is 11.6 Å². The molecule has 0 aliphatic rings. The zero-order valence-electron chi connectivity index (χ0n) is 9.02. The van der Waals surface area contributed by atoms with Gasteiger partial charge in [0.15, 0.2) is 5.78 Å². The summed E-state index contributed by atoms with van der Waals surface area (Å²) in [6, 6.07) is 5.27. The zero-order chi connectivity index (χ0) is 12.4. The number of carbonyl (C=O) groups excluding carboxylic acids is 1. The molecule has 0 amide bonds. The molecule has 0 aliphatic heterocycles. The molecule has 2 aromatic rings. The maximum atomic E-state index is 12.1. The second-order valence-corrected chi connectivity index (χ2v) is 4.73.